The molecule has 0 radical (unpaired) electrons. The molecule has 9 heteroatoms. The molecule has 3 saturated heterocycles. The van der Waals surface area contributed by atoms with Crippen molar-refractivity contribution < 1.29 is 42.6 Å². The predicted octanol–water partition coefficient (Wildman–Crippen LogP) is 2.48. The van der Waals surface area contributed by atoms with E-state index in [0.717, 1.165) is 0 Å². The van der Waals surface area contributed by atoms with Gasteiger partial charge in [-0.25, -0.2) is 0 Å². The van der Waals surface area contributed by atoms with Crippen LogP contribution in [0.25, 0.3) is 0 Å². The normalized spacial score (nSPS) is 25.6. The van der Waals surface area contributed by atoms with Gasteiger partial charge in [0.05, 0.1) is 0 Å². The first-order chi connectivity index (χ1) is 14.5. The fourth-order valence-corrected chi connectivity index (χ4v) is 2.85. The minimum Gasteiger partial charge on any atom is -0.487 e. The van der Waals surface area contributed by atoms with Gasteiger partial charge in [-0.1, -0.05) is 19.7 Å². The first kappa shape index (κ1) is 20.4. The van der Waals surface area contributed by atoms with Crippen LogP contribution in [0.3, 0.4) is 0 Å². The van der Waals surface area contributed by atoms with Gasteiger partial charge >= 0.3 is 0 Å². The quantitative estimate of drug-likeness (QED) is 0.598. The SMILES string of the molecule is C=C1COC(COc2cc(OCC3OCC(=C)O3)cc(OCC3OCC(=C)O3)c2)O1. The molecular weight excluding hydrogens is 396 g/mol. The lowest BCUT2D eigenvalue weighted by atomic mass is 10.3. The molecule has 3 aliphatic heterocycles. The van der Waals surface area contributed by atoms with E-state index in [0.29, 0.717) is 54.3 Å². The average Bonchev–Trinajstić information content (AvgIpc) is 3.45. The smallest absolute Gasteiger partial charge is 0.234 e. The van der Waals surface area contributed by atoms with Crippen molar-refractivity contribution in [3.63, 3.8) is 0 Å². The Morgan fingerprint density at radius 2 is 0.900 bits per heavy atom. The van der Waals surface area contributed by atoms with Crippen LogP contribution in [-0.4, -0.2) is 58.5 Å². The predicted molar refractivity (Wildman–Crippen MR) is 103 cm³/mol. The standard InChI is InChI=1S/C21H24O9/c1-13-7-25-19(28-13)10-22-16-4-17(23-11-20-26-8-14(2)29-20)6-18(5-16)24-12-21-27-9-15(3)30-21/h4-6,19-21H,1-3,7-12H2. The summed E-state index contributed by atoms with van der Waals surface area (Å²) in [5.41, 5.74) is 0. The molecule has 162 valence electrons. The summed E-state index contributed by atoms with van der Waals surface area (Å²) >= 11 is 0. The lowest BCUT2D eigenvalue weighted by Crippen LogP contribution is -2.20. The number of hydrogen-bond acceptors (Lipinski definition) is 9. The fraction of sp³-hybridized carbons (Fsp3) is 0.429. The van der Waals surface area contributed by atoms with Crippen LogP contribution in [0.1, 0.15) is 0 Å². The third kappa shape index (κ3) is 5.59. The summed E-state index contributed by atoms with van der Waals surface area (Å²) in [5, 5.41) is 0. The van der Waals surface area contributed by atoms with E-state index in [2.05, 4.69) is 19.7 Å². The molecule has 9 nitrogen and oxygen atoms in total. The summed E-state index contributed by atoms with van der Waals surface area (Å²) in [4.78, 5) is 0. The molecule has 1 aromatic rings. The van der Waals surface area contributed by atoms with Gasteiger partial charge in [-0.15, -0.1) is 0 Å². The van der Waals surface area contributed by atoms with E-state index in [-0.39, 0.29) is 19.8 Å². The van der Waals surface area contributed by atoms with E-state index >= 15 is 0 Å². The van der Waals surface area contributed by atoms with Gasteiger partial charge in [0.1, 0.15) is 54.3 Å². The third-order valence-corrected chi connectivity index (χ3v) is 4.20. The number of ether oxygens (including phenoxy) is 9. The van der Waals surface area contributed by atoms with Crippen LogP contribution in [0, 0.1) is 0 Å². The topological polar surface area (TPSA) is 83.1 Å². The van der Waals surface area contributed by atoms with E-state index in [1.165, 1.54) is 0 Å². The maximum Gasteiger partial charge on any atom is 0.234 e. The molecule has 0 saturated carbocycles. The number of benzene rings is 1. The van der Waals surface area contributed by atoms with Gasteiger partial charge in [0.25, 0.3) is 0 Å². The molecule has 3 fully saturated rings. The zero-order valence-electron chi connectivity index (χ0n) is 16.5. The van der Waals surface area contributed by atoms with E-state index in [4.69, 9.17) is 42.6 Å². The molecule has 0 bridgehead atoms. The lowest BCUT2D eigenvalue weighted by Gasteiger charge is -2.17. The van der Waals surface area contributed by atoms with Crippen LogP contribution < -0.4 is 14.2 Å². The highest BCUT2D eigenvalue weighted by Gasteiger charge is 2.23. The van der Waals surface area contributed by atoms with Gasteiger partial charge in [-0.2, -0.15) is 0 Å². The summed E-state index contributed by atoms with van der Waals surface area (Å²) in [6, 6.07) is 5.18. The van der Waals surface area contributed by atoms with Crippen molar-refractivity contribution in [3.8, 4) is 17.2 Å². The molecule has 3 unspecified atom stereocenters. The average molecular weight is 420 g/mol. The van der Waals surface area contributed by atoms with Gasteiger partial charge in [0, 0.05) is 18.2 Å². The zero-order chi connectivity index (χ0) is 20.9. The Kier molecular flexibility index (Phi) is 6.32. The van der Waals surface area contributed by atoms with E-state index in [9.17, 15) is 0 Å². The molecule has 0 spiro atoms. The molecule has 3 aliphatic rings. The molecule has 0 N–H and O–H groups in total. The Labute approximate surface area is 174 Å². The second-order valence-electron chi connectivity index (χ2n) is 6.76. The van der Waals surface area contributed by atoms with Crippen molar-refractivity contribution in [3.05, 3.63) is 55.2 Å². The monoisotopic (exact) mass is 420 g/mol. The van der Waals surface area contributed by atoms with E-state index in [1.54, 1.807) is 18.2 Å². The largest absolute Gasteiger partial charge is 0.487 e. The van der Waals surface area contributed by atoms with Crippen LogP contribution in [0.2, 0.25) is 0 Å². The van der Waals surface area contributed by atoms with Gasteiger partial charge < -0.3 is 42.6 Å². The molecule has 30 heavy (non-hydrogen) atoms. The molecule has 3 heterocycles. The second-order valence-corrected chi connectivity index (χ2v) is 6.76. The Morgan fingerprint density at radius 1 is 0.600 bits per heavy atom. The Morgan fingerprint density at radius 3 is 1.13 bits per heavy atom. The Hall–Kier alpha value is -2.88. The van der Waals surface area contributed by atoms with Crippen LogP contribution in [-0.2, 0) is 28.4 Å². The minimum atomic E-state index is -0.510. The molecule has 4 rings (SSSR count). The molecule has 0 amide bonds. The maximum absolute atomic E-state index is 5.79. The Bertz CT molecular complexity index is 689. The van der Waals surface area contributed by atoms with Crippen LogP contribution in [0.15, 0.2) is 55.2 Å². The maximum atomic E-state index is 5.79. The van der Waals surface area contributed by atoms with Crippen molar-refractivity contribution in [2.24, 2.45) is 0 Å². The molecule has 3 atom stereocenters. The highest BCUT2D eigenvalue weighted by atomic mass is 16.7. The highest BCUT2D eigenvalue weighted by molar-refractivity contribution is 5.42. The van der Waals surface area contributed by atoms with Gasteiger partial charge in [-0.3, -0.25) is 0 Å². The first-order valence-electron chi connectivity index (χ1n) is 9.45. The summed E-state index contributed by atoms with van der Waals surface area (Å²) in [5.74, 6) is 3.26. The van der Waals surface area contributed by atoms with Crippen molar-refractivity contribution >= 4 is 0 Å². The zero-order valence-corrected chi connectivity index (χ0v) is 16.5. The van der Waals surface area contributed by atoms with Crippen molar-refractivity contribution in [2.75, 3.05) is 39.6 Å². The summed E-state index contributed by atoms with van der Waals surface area (Å²) in [7, 11) is 0. The number of rotatable bonds is 9. The first-order valence-corrected chi connectivity index (χ1v) is 9.45. The molecule has 0 aliphatic carbocycles. The fourth-order valence-electron chi connectivity index (χ4n) is 2.85. The Balaban J connectivity index is 1.38. The van der Waals surface area contributed by atoms with E-state index in [1.807, 2.05) is 0 Å². The molecule has 1 aromatic carbocycles. The van der Waals surface area contributed by atoms with Crippen molar-refractivity contribution in [1.82, 2.24) is 0 Å². The molecular formula is C21H24O9. The number of hydrogen-bond donors (Lipinski definition) is 0. The van der Waals surface area contributed by atoms with Gasteiger partial charge in [0.2, 0.25) is 18.9 Å². The summed E-state index contributed by atoms with van der Waals surface area (Å²) in [6.45, 7) is 12.8. The summed E-state index contributed by atoms with van der Waals surface area (Å²) in [6.07, 6.45) is -1.53. The van der Waals surface area contributed by atoms with Crippen LogP contribution in [0.5, 0.6) is 17.2 Å². The van der Waals surface area contributed by atoms with Crippen LogP contribution >= 0.6 is 0 Å². The highest BCUT2D eigenvalue weighted by Crippen LogP contribution is 2.30. The van der Waals surface area contributed by atoms with Crippen molar-refractivity contribution in [1.29, 1.82) is 0 Å². The molecule has 0 aromatic heterocycles. The van der Waals surface area contributed by atoms with Gasteiger partial charge in [-0.05, 0) is 0 Å². The summed E-state index contributed by atoms with van der Waals surface area (Å²) < 4.78 is 49.8. The second kappa shape index (κ2) is 9.29. The third-order valence-electron chi connectivity index (χ3n) is 4.20. The van der Waals surface area contributed by atoms with Crippen LogP contribution in [0.4, 0.5) is 0 Å². The van der Waals surface area contributed by atoms with Gasteiger partial charge in [0.15, 0.2) is 19.8 Å². The van der Waals surface area contributed by atoms with Crippen molar-refractivity contribution in [2.45, 2.75) is 18.9 Å². The van der Waals surface area contributed by atoms with E-state index < -0.39 is 18.9 Å². The lowest BCUT2D eigenvalue weighted by molar-refractivity contribution is -0.0622. The minimum absolute atomic E-state index is 0.186.